The molecule has 0 saturated carbocycles. The Labute approximate surface area is 157 Å². The second-order valence-corrected chi connectivity index (χ2v) is 7.25. The molecular formula is C22H33N2O2+. The van der Waals surface area contributed by atoms with Crippen LogP contribution in [0.3, 0.4) is 0 Å². The van der Waals surface area contributed by atoms with Crippen molar-refractivity contribution in [3.8, 4) is 0 Å². The Kier molecular flexibility index (Phi) is 7.89. The Hall–Kier alpha value is -2.10. The molecule has 0 amide bonds. The van der Waals surface area contributed by atoms with E-state index in [1.54, 1.807) is 12.1 Å². The molecule has 0 bridgehead atoms. The van der Waals surface area contributed by atoms with Crippen LogP contribution in [0.15, 0.2) is 30.5 Å². The predicted molar refractivity (Wildman–Crippen MR) is 105 cm³/mol. The Morgan fingerprint density at radius 1 is 1.04 bits per heavy atom. The van der Waals surface area contributed by atoms with Gasteiger partial charge in [0, 0.05) is 13.3 Å². The number of carboxylic acids is 1. The molecule has 0 spiro atoms. The van der Waals surface area contributed by atoms with Gasteiger partial charge in [0.1, 0.15) is 18.4 Å². The minimum Gasteiger partial charge on any atom is -0.478 e. The second-order valence-electron chi connectivity index (χ2n) is 7.25. The van der Waals surface area contributed by atoms with Crippen LogP contribution in [0.4, 0.5) is 0 Å². The molecule has 1 aromatic heterocycles. The molecule has 0 saturated heterocycles. The third-order valence-electron chi connectivity index (χ3n) is 5.15. The van der Waals surface area contributed by atoms with Crippen LogP contribution in [-0.4, -0.2) is 15.6 Å². The first kappa shape index (κ1) is 20.2. The van der Waals surface area contributed by atoms with E-state index in [0.717, 1.165) is 18.5 Å². The Morgan fingerprint density at radius 3 is 2.27 bits per heavy atom. The molecule has 0 aliphatic rings. The molecule has 0 radical (unpaired) electrons. The van der Waals surface area contributed by atoms with Crippen molar-refractivity contribution in [2.24, 2.45) is 7.05 Å². The number of nitrogens with zero attached hydrogens (tertiary/aromatic N) is 2. The van der Waals surface area contributed by atoms with Crippen LogP contribution >= 0.6 is 0 Å². The van der Waals surface area contributed by atoms with Gasteiger partial charge in [0.15, 0.2) is 0 Å². The number of hydrogen-bond acceptors (Lipinski definition) is 1. The fourth-order valence-corrected chi connectivity index (χ4v) is 3.42. The smallest absolute Gasteiger partial charge is 0.335 e. The van der Waals surface area contributed by atoms with E-state index in [1.165, 1.54) is 56.5 Å². The number of unbranched alkanes of at least 4 members (excludes halogenated alkanes) is 6. The summed E-state index contributed by atoms with van der Waals surface area (Å²) >= 11 is 0. The third kappa shape index (κ3) is 5.72. The van der Waals surface area contributed by atoms with Crippen molar-refractivity contribution in [2.75, 3.05) is 0 Å². The molecule has 26 heavy (non-hydrogen) atoms. The van der Waals surface area contributed by atoms with E-state index in [9.17, 15) is 4.79 Å². The van der Waals surface area contributed by atoms with Crippen molar-refractivity contribution in [1.29, 1.82) is 0 Å². The molecule has 1 heterocycles. The van der Waals surface area contributed by atoms with Gasteiger partial charge in [0.25, 0.3) is 5.82 Å². The van der Waals surface area contributed by atoms with E-state index < -0.39 is 5.97 Å². The standard InChI is InChI=1S/C22H32N2O2/c1-4-5-6-7-8-9-10-11-21-23(3)18(2)16-24(21)17-19-12-14-20(15-13-19)22(25)26/h12-16H,4-11,17H2,1-3H3/p+1. The second kappa shape index (κ2) is 10.1. The largest absolute Gasteiger partial charge is 0.478 e. The van der Waals surface area contributed by atoms with E-state index in [4.69, 9.17) is 5.11 Å². The van der Waals surface area contributed by atoms with E-state index in [0.29, 0.717) is 5.56 Å². The fraction of sp³-hybridized carbons (Fsp3) is 0.545. The number of aryl methyl sites for hydroxylation is 1. The Balaban J connectivity index is 1.94. The maximum atomic E-state index is 11.0. The number of carboxylic acid groups (broad SMARTS) is 1. The van der Waals surface area contributed by atoms with Crippen molar-refractivity contribution in [3.05, 3.63) is 53.1 Å². The van der Waals surface area contributed by atoms with Crippen molar-refractivity contribution >= 4 is 5.97 Å². The summed E-state index contributed by atoms with van der Waals surface area (Å²) in [6.45, 7) is 5.18. The molecule has 0 atom stereocenters. The third-order valence-corrected chi connectivity index (χ3v) is 5.15. The van der Waals surface area contributed by atoms with Gasteiger partial charge in [-0.25, -0.2) is 13.9 Å². The number of benzene rings is 1. The van der Waals surface area contributed by atoms with Crippen LogP contribution < -0.4 is 4.57 Å². The zero-order valence-corrected chi connectivity index (χ0v) is 16.5. The highest BCUT2D eigenvalue weighted by atomic mass is 16.4. The lowest BCUT2D eigenvalue weighted by molar-refractivity contribution is -0.695. The highest BCUT2D eigenvalue weighted by Crippen LogP contribution is 2.11. The van der Waals surface area contributed by atoms with Crippen LogP contribution in [-0.2, 0) is 20.0 Å². The molecule has 4 nitrogen and oxygen atoms in total. The van der Waals surface area contributed by atoms with Crippen LogP contribution in [0.25, 0.3) is 0 Å². The van der Waals surface area contributed by atoms with Gasteiger partial charge < -0.3 is 5.11 Å². The summed E-state index contributed by atoms with van der Waals surface area (Å²) in [4.78, 5) is 11.0. The lowest BCUT2D eigenvalue weighted by Gasteiger charge is -2.05. The minimum atomic E-state index is -0.876. The van der Waals surface area contributed by atoms with Gasteiger partial charge >= 0.3 is 5.97 Å². The molecule has 1 aromatic carbocycles. The maximum Gasteiger partial charge on any atom is 0.335 e. The summed E-state index contributed by atoms with van der Waals surface area (Å²) in [6.07, 6.45) is 12.5. The first-order valence-corrected chi connectivity index (χ1v) is 9.89. The topological polar surface area (TPSA) is 46.1 Å². The lowest BCUT2D eigenvalue weighted by atomic mass is 10.1. The molecule has 0 unspecified atom stereocenters. The average molecular weight is 358 g/mol. The molecule has 2 aromatic rings. The van der Waals surface area contributed by atoms with Crippen LogP contribution in [0.1, 0.15) is 79.3 Å². The van der Waals surface area contributed by atoms with E-state index in [2.05, 4.69) is 36.2 Å². The van der Waals surface area contributed by atoms with Crippen molar-refractivity contribution in [1.82, 2.24) is 4.57 Å². The molecular weight excluding hydrogens is 324 g/mol. The summed E-state index contributed by atoms with van der Waals surface area (Å²) < 4.78 is 4.59. The summed E-state index contributed by atoms with van der Waals surface area (Å²) in [7, 11) is 2.13. The zero-order valence-electron chi connectivity index (χ0n) is 16.5. The van der Waals surface area contributed by atoms with Gasteiger partial charge in [-0.3, -0.25) is 0 Å². The quantitative estimate of drug-likeness (QED) is 0.469. The molecule has 1 N–H and O–H groups in total. The SMILES string of the molecule is CCCCCCCCCc1n(C)c(C)c[n+]1Cc1ccc(C(=O)O)cc1. The minimum absolute atomic E-state index is 0.339. The number of aromatic nitrogens is 2. The van der Waals surface area contributed by atoms with Crippen molar-refractivity contribution in [2.45, 2.75) is 71.8 Å². The molecule has 142 valence electrons. The number of rotatable bonds is 11. The number of hydrogen-bond donors (Lipinski definition) is 1. The average Bonchev–Trinajstić information content (AvgIpc) is 2.88. The number of imidazole rings is 1. The van der Waals surface area contributed by atoms with Crippen molar-refractivity contribution in [3.63, 3.8) is 0 Å². The summed E-state index contributed by atoms with van der Waals surface area (Å²) in [5, 5.41) is 9.03. The van der Waals surface area contributed by atoms with Crippen LogP contribution in [0.2, 0.25) is 0 Å². The van der Waals surface area contributed by atoms with Gasteiger partial charge in [0.2, 0.25) is 0 Å². The predicted octanol–water partition coefficient (Wildman–Crippen LogP) is 4.66. The molecule has 4 heteroatoms. The summed E-state index contributed by atoms with van der Waals surface area (Å²) in [6, 6.07) is 7.20. The Bertz CT molecular complexity index is 702. The number of carbonyl (C=O) groups is 1. The van der Waals surface area contributed by atoms with Gasteiger partial charge in [-0.15, -0.1) is 0 Å². The van der Waals surface area contributed by atoms with E-state index >= 15 is 0 Å². The molecule has 0 aliphatic carbocycles. The molecule has 2 rings (SSSR count). The number of aromatic carboxylic acids is 1. The van der Waals surface area contributed by atoms with Gasteiger partial charge in [0.05, 0.1) is 12.6 Å². The van der Waals surface area contributed by atoms with Gasteiger partial charge in [-0.05, 0) is 24.1 Å². The van der Waals surface area contributed by atoms with E-state index in [1.807, 2.05) is 12.1 Å². The normalized spacial score (nSPS) is 11.0. The van der Waals surface area contributed by atoms with Crippen LogP contribution in [0.5, 0.6) is 0 Å². The Morgan fingerprint density at radius 2 is 1.65 bits per heavy atom. The first-order valence-electron chi connectivity index (χ1n) is 9.89. The lowest BCUT2D eigenvalue weighted by Crippen LogP contribution is -2.37. The molecule has 0 aliphatic heterocycles. The van der Waals surface area contributed by atoms with Crippen LogP contribution in [0, 0.1) is 6.92 Å². The van der Waals surface area contributed by atoms with E-state index in [-0.39, 0.29) is 0 Å². The highest BCUT2D eigenvalue weighted by Gasteiger charge is 2.18. The highest BCUT2D eigenvalue weighted by molar-refractivity contribution is 5.87. The first-order chi connectivity index (χ1) is 12.5. The maximum absolute atomic E-state index is 11.0. The fourth-order valence-electron chi connectivity index (χ4n) is 3.42. The summed E-state index contributed by atoms with van der Waals surface area (Å²) in [5.41, 5.74) is 2.72. The summed E-state index contributed by atoms with van der Waals surface area (Å²) in [5.74, 6) is 0.470. The molecule has 0 fully saturated rings. The van der Waals surface area contributed by atoms with Gasteiger partial charge in [-0.2, -0.15) is 0 Å². The zero-order chi connectivity index (χ0) is 18.9. The van der Waals surface area contributed by atoms with Crippen molar-refractivity contribution < 1.29 is 14.5 Å². The van der Waals surface area contributed by atoms with Gasteiger partial charge in [-0.1, -0.05) is 57.6 Å². The monoisotopic (exact) mass is 357 g/mol.